The highest BCUT2D eigenvalue weighted by Gasteiger charge is 2.25. The van der Waals surface area contributed by atoms with Crippen LogP contribution >= 0.6 is 0 Å². The molecule has 2 nitrogen and oxygen atoms in total. The van der Waals surface area contributed by atoms with Crippen LogP contribution in [0.15, 0.2) is 0 Å². The van der Waals surface area contributed by atoms with Crippen LogP contribution in [-0.4, -0.2) is 12.1 Å². The summed E-state index contributed by atoms with van der Waals surface area (Å²) in [5, 5.41) is 0. The Labute approximate surface area is 100 Å². The van der Waals surface area contributed by atoms with Crippen LogP contribution in [0, 0.1) is 5.41 Å². The van der Waals surface area contributed by atoms with E-state index in [1.165, 1.54) is 57.8 Å². The third-order valence-corrected chi connectivity index (χ3v) is 4.28. The van der Waals surface area contributed by atoms with Crippen LogP contribution in [0.25, 0.3) is 0 Å². The molecule has 2 rings (SSSR count). The predicted molar refractivity (Wildman–Crippen MR) is 67.1 cm³/mol. The molecule has 1 atom stereocenters. The summed E-state index contributed by atoms with van der Waals surface area (Å²) in [7, 11) is 0. The molecule has 2 saturated carbocycles. The molecular weight excluding hydrogens is 198 g/mol. The zero-order valence-electron chi connectivity index (χ0n) is 10.9. The molecule has 0 aromatic rings. The van der Waals surface area contributed by atoms with Crippen molar-refractivity contribution in [3.05, 3.63) is 0 Å². The second-order valence-electron chi connectivity index (χ2n) is 6.43. The molecular formula is C14H27NO. The van der Waals surface area contributed by atoms with Crippen LogP contribution < -0.4 is 5.48 Å². The van der Waals surface area contributed by atoms with Gasteiger partial charge in [0.15, 0.2) is 0 Å². The Kier molecular flexibility index (Phi) is 4.26. The summed E-state index contributed by atoms with van der Waals surface area (Å²) in [5.41, 5.74) is 3.89. The quantitative estimate of drug-likeness (QED) is 0.582. The van der Waals surface area contributed by atoms with Gasteiger partial charge in [0.2, 0.25) is 0 Å². The van der Waals surface area contributed by atoms with Gasteiger partial charge >= 0.3 is 0 Å². The molecule has 16 heavy (non-hydrogen) atoms. The molecule has 2 heteroatoms. The van der Waals surface area contributed by atoms with Crippen LogP contribution in [0.2, 0.25) is 0 Å². The molecule has 0 amide bonds. The summed E-state index contributed by atoms with van der Waals surface area (Å²) in [4.78, 5) is 5.82. The van der Waals surface area contributed by atoms with E-state index in [1.807, 2.05) is 0 Å². The maximum atomic E-state index is 5.82. The molecule has 1 unspecified atom stereocenters. The predicted octanol–water partition coefficient (Wildman–Crippen LogP) is 3.81. The maximum absolute atomic E-state index is 5.82. The van der Waals surface area contributed by atoms with E-state index < -0.39 is 0 Å². The van der Waals surface area contributed by atoms with Gasteiger partial charge in [-0.15, -0.1) is 0 Å². The minimum atomic E-state index is 0.497. The molecule has 2 fully saturated rings. The largest absolute Gasteiger partial charge is 0.298 e. The molecule has 94 valence electrons. The SMILES string of the molecule is CC1(C)CCCC(NOC2CCCC2)CC1. The van der Waals surface area contributed by atoms with E-state index in [9.17, 15) is 0 Å². The molecule has 2 aliphatic carbocycles. The van der Waals surface area contributed by atoms with E-state index in [2.05, 4.69) is 19.3 Å². The number of nitrogens with one attached hydrogen (secondary N) is 1. The van der Waals surface area contributed by atoms with Gasteiger partial charge in [-0.3, -0.25) is 4.84 Å². The first-order valence-corrected chi connectivity index (χ1v) is 7.07. The van der Waals surface area contributed by atoms with E-state index in [4.69, 9.17) is 4.84 Å². The van der Waals surface area contributed by atoms with Crippen molar-refractivity contribution in [2.75, 3.05) is 0 Å². The average molecular weight is 225 g/mol. The second kappa shape index (κ2) is 5.50. The lowest BCUT2D eigenvalue weighted by Gasteiger charge is -2.22. The first kappa shape index (κ1) is 12.4. The van der Waals surface area contributed by atoms with Crippen molar-refractivity contribution in [1.29, 1.82) is 0 Å². The Morgan fingerprint density at radius 2 is 1.69 bits per heavy atom. The van der Waals surface area contributed by atoms with Gasteiger partial charge < -0.3 is 0 Å². The summed E-state index contributed by atoms with van der Waals surface area (Å²) < 4.78 is 0. The van der Waals surface area contributed by atoms with E-state index in [0.717, 1.165) is 0 Å². The van der Waals surface area contributed by atoms with Crippen LogP contribution in [0.3, 0.4) is 0 Å². The zero-order valence-corrected chi connectivity index (χ0v) is 10.9. The van der Waals surface area contributed by atoms with Gasteiger partial charge in [-0.1, -0.05) is 33.1 Å². The number of hydrogen-bond donors (Lipinski definition) is 1. The first-order chi connectivity index (χ1) is 7.66. The molecule has 0 bridgehead atoms. The van der Waals surface area contributed by atoms with Gasteiger partial charge in [0.25, 0.3) is 0 Å². The average Bonchev–Trinajstić information content (AvgIpc) is 2.68. The minimum absolute atomic E-state index is 0.497. The summed E-state index contributed by atoms with van der Waals surface area (Å²) in [6.45, 7) is 4.79. The van der Waals surface area contributed by atoms with Gasteiger partial charge in [0.1, 0.15) is 0 Å². The van der Waals surface area contributed by atoms with Gasteiger partial charge in [0, 0.05) is 6.04 Å². The van der Waals surface area contributed by atoms with Crippen LogP contribution in [0.5, 0.6) is 0 Å². The molecule has 0 spiro atoms. The topological polar surface area (TPSA) is 21.3 Å². The minimum Gasteiger partial charge on any atom is -0.298 e. The molecule has 0 aliphatic heterocycles. The Hall–Kier alpha value is -0.0800. The molecule has 1 N–H and O–H groups in total. The first-order valence-electron chi connectivity index (χ1n) is 7.07. The molecule has 0 heterocycles. The normalized spacial score (nSPS) is 31.5. The molecule has 2 aliphatic rings. The zero-order chi connectivity index (χ0) is 11.4. The van der Waals surface area contributed by atoms with E-state index >= 15 is 0 Å². The lowest BCUT2D eigenvalue weighted by Crippen LogP contribution is -2.32. The van der Waals surface area contributed by atoms with Gasteiger partial charge in [-0.25, -0.2) is 0 Å². The number of rotatable bonds is 3. The Morgan fingerprint density at radius 1 is 0.938 bits per heavy atom. The van der Waals surface area contributed by atoms with Gasteiger partial charge in [0.05, 0.1) is 6.10 Å². The van der Waals surface area contributed by atoms with Gasteiger partial charge in [-0.2, -0.15) is 5.48 Å². The summed E-state index contributed by atoms with van der Waals surface area (Å²) in [5.74, 6) is 0. The lowest BCUT2D eigenvalue weighted by molar-refractivity contribution is -0.0428. The lowest BCUT2D eigenvalue weighted by atomic mass is 9.85. The fraction of sp³-hybridized carbons (Fsp3) is 1.00. The highest BCUT2D eigenvalue weighted by atomic mass is 16.7. The van der Waals surface area contributed by atoms with Crippen molar-refractivity contribution in [2.45, 2.75) is 83.8 Å². The Morgan fingerprint density at radius 3 is 2.44 bits per heavy atom. The molecule has 0 aromatic carbocycles. The van der Waals surface area contributed by atoms with E-state index in [0.29, 0.717) is 17.6 Å². The highest BCUT2D eigenvalue weighted by molar-refractivity contribution is 4.78. The van der Waals surface area contributed by atoms with Crippen molar-refractivity contribution >= 4 is 0 Å². The second-order valence-corrected chi connectivity index (χ2v) is 6.43. The molecule has 0 radical (unpaired) electrons. The Balaban J connectivity index is 1.69. The third-order valence-electron chi connectivity index (χ3n) is 4.28. The standard InChI is InChI=1S/C14H27NO/c1-14(2)10-5-6-12(9-11-14)15-16-13-7-3-4-8-13/h12-13,15H,3-11H2,1-2H3. The van der Waals surface area contributed by atoms with Crippen molar-refractivity contribution < 1.29 is 4.84 Å². The summed E-state index contributed by atoms with van der Waals surface area (Å²) in [6, 6.07) is 0.599. The van der Waals surface area contributed by atoms with Crippen LogP contribution in [0.4, 0.5) is 0 Å². The summed E-state index contributed by atoms with van der Waals surface area (Å²) in [6.07, 6.45) is 12.3. The van der Waals surface area contributed by atoms with Gasteiger partial charge in [-0.05, 0) is 43.9 Å². The van der Waals surface area contributed by atoms with Crippen molar-refractivity contribution in [2.24, 2.45) is 5.41 Å². The third kappa shape index (κ3) is 3.74. The van der Waals surface area contributed by atoms with Crippen LogP contribution in [0.1, 0.15) is 71.6 Å². The monoisotopic (exact) mass is 225 g/mol. The smallest absolute Gasteiger partial charge is 0.0790 e. The fourth-order valence-corrected chi connectivity index (χ4v) is 2.98. The summed E-state index contributed by atoms with van der Waals surface area (Å²) >= 11 is 0. The Bertz CT molecular complexity index is 209. The number of hydroxylamine groups is 1. The fourth-order valence-electron chi connectivity index (χ4n) is 2.98. The van der Waals surface area contributed by atoms with Crippen molar-refractivity contribution in [3.8, 4) is 0 Å². The maximum Gasteiger partial charge on any atom is 0.0790 e. The highest BCUT2D eigenvalue weighted by Crippen LogP contribution is 2.33. The molecule has 0 saturated heterocycles. The number of hydrogen-bond acceptors (Lipinski definition) is 2. The van der Waals surface area contributed by atoms with E-state index in [1.54, 1.807) is 0 Å². The van der Waals surface area contributed by atoms with Crippen molar-refractivity contribution in [1.82, 2.24) is 5.48 Å². The van der Waals surface area contributed by atoms with Crippen LogP contribution in [-0.2, 0) is 4.84 Å². The molecule has 0 aromatic heterocycles. The van der Waals surface area contributed by atoms with E-state index in [-0.39, 0.29) is 0 Å². The van der Waals surface area contributed by atoms with Crippen molar-refractivity contribution in [3.63, 3.8) is 0 Å².